The molecule has 4 heteroatoms. The maximum absolute atomic E-state index is 11.8. The summed E-state index contributed by atoms with van der Waals surface area (Å²) in [4.78, 5) is 23.0. The Morgan fingerprint density at radius 3 is 2.65 bits per heavy atom. The molecule has 0 unspecified atom stereocenters. The summed E-state index contributed by atoms with van der Waals surface area (Å²) in [5.74, 6) is -0.512. The second-order valence-corrected chi connectivity index (χ2v) is 3.87. The van der Waals surface area contributed by atoms with E-state index < -0.39 is 5.97 Å². The number of Topliss-reactive ketones (excluding diaryl/α,β-unsaturated/α-hetero) is 1. The van der Waals surface area contributed by atoms with E-state index in [9.17, 15) is 9.59 Å². The molecule has 1 aromatic rings. The molecule has 0 N–H and O–H groups in total. The topological polar surface area (TPSA) is 48.3 Å². The molecule has 0 aliphatic rings. The largest absolute Gasteiger partial charge is 0.453 e. The van der Waals surface area contributed by atoms with E-state index in [0.29, 0.717) is 17.7 Å². The minimum atomic E-state index is -0.438. The monoisotopic (exact) mass is 235 g/mol. The van der Waals surface area contributed by atoms with Crippen molar-refractivity contribution in [2.45, 2.75) is 26.4 Å². The molecule has 0 saturated heterocycles. The third-order valence-electron chi connectivity index (χ3n) is 2.54. The summed E-state index contributed by atoms with van der Waals surface area (Å²) < 4.78 is 6.81. The van der Waals surface area contributed by atoms with Crippen molar-refractivity contribution in [3.63, 3.8) is 0 Å². The lowest BCUT2D eigenvalue weighted by Crippen LogP contribution is -2.17. The van der Waals surface area contributed by atoms with Crippen LogP contribution >= 0.6 is 0 Å². The van der Waals surface area contributed by atoms with E-state index in [1.54, 1.807) is 30.0 Å². The summed E-state index contributed by atoms with van der Waals surface area (Å²) in [6.45, 7) is 6.97. The highest BCUT2D eigenvalue weighted by Gasteiger charge is 2.17. The Morgan fingerprint density at radius 2 is 2.24 bits per heavy atom. The van der Waals surface area contributed by atoms with Crippen LogP contribution < -0.4 is 0 Å². The number of hydrogen-bond donors (Lipinski definition) is 0. The van der Waals surface area contributed by atoms with E-state index in [4.69, 9.17) is 4.74 Å². The average molecular weight is 235 g/mol. The first-order valence-corrected chi connectivity index (χ1v) is 5.50. The second kappa shape index (κ2) is 5.48. The number of aryl methyl sites for hydroxylation is 1. The molecule has 17 heavy (non-hydrogen) atoms. The third-order valence-corrected chi connectivity index (χ3v) is 2.54. The lowest BCUT2D eigenvalue weighted by Gasteiger charge is -2.11. The Labute approximate surface area is 101 Å². The first-order valence-electron chi connectivity index (χ1n) is 5.50. The van der Waals surface area contributed by atoms with Gasteiger partial charge >= 0.3 is 5.97 Å². The van der Waals surface area contributed by atoms with Crippen molar-refractivity contribution in [2.24, 2.45) is 7.05 Å². The van der Waals surface area contributed by atoms with Crippen LogP contribution in [0.5, 0.6) is 0 Å². The maximum atomic E-state index is 11.8. The van der Waals surface area contributed by atoms with Crippen molar-refractivity contribution in [2.75, 3.05) is 0 Å². The highest BCUT2D eigenvalue weighted by Crippen LogP contribution is 2.11. The van der Waals surface area contributed by atoms with Gasteiger partial charge in [0.15, 0.2) is 5.78 Å². The predicted molar refractivity (Wildman–Crippen MR) is 65.1 cm³/mol. The van der Waals surface area contributed by atoms with E-state index in [1.807, 2.05) is 6.92 Å². The Balaban J connectivity index is 2.89. The van der Waals surface area contributed by atoms with E-state index in [0.717, 1.165) is 0 Å². The van der Waals surface area contributed by atoms with Crippen LogP contribution in [0.1, 0.15) is 41.1 Å². The molecule has 92 valence electrons. The fraction of sp³-hybridized carbons (Fsp3) is 0.385. The van der Waals surface area contributed by atoms with Gasteiger partial charge in [-0.3, -0.25) is 4.79 Å². The molecule has 0 aliphatic carbocycles. The van der Waals surface area contributed by atoms with Gasteiger partial charge in [0, 0.05) is 18.8 Å². The summed E-state index contributed by atoms with van der Waals surface area (Å²) in [5, 5.41) is 0. The van der Waals surface area contributed by atoms with Crippen molar-refractivity contribution < 1.29 is 14.3 Å². The van der Waals surface area contributed by atoms with Crippen LogP contribution in [0.15, 0.2) is 24.9 Å². The second-order valence-electron chi connectivity index (χ2n) is 3.87. The van der Waals surface area contributed by atoms with Gasteiger partial charge in [-0.05, 0) is 19.4 Å². The Kier molecular flexibility index (Phi) is 4.26. The minimum absolute atomic E-state index is 0.0737. The van der Waals surface area contributed by atoms with E-state index >= 15 is 0 Å². The molecule has 0 fully saturated rings. The number of rotatable bonds is 5. The summed E-state index contributed by atoms with van der Waals surface area (Å²) in [6, 6.07) is 1.54. The van der Waals surface area contributed by atoms with Crippen LogP contribution in [-0.2, 0) is 11.8 Å². The maximum Gasteiger partial charge on any atom is 0.355 e. The smallest absolute Gasteiger partial charge is 0.355 e. The zero-order valence-corrected chi connectivity index (χ0v) is 10.4. The van der Waals surface area contributed by atoms with Gasteiger partial charge in [0.1, 0.15) is 11.8 Å². The number of aromatic nitrogens is 1. The molecule has 1 aromatic heterocycles. The number of ketones is 1. The van der Waals surface area contributed by atoms with Crippen molar-refractivity contribution >= 4 is 11.8 Å². The third kappa shape index (κ3) is 3.06. The predicted octanol–water partition coefficient (Wildman–Crippen LogP) is 2.35. The molecule has 0 bridgehead atoms. The summed E-state index contributed by atoms with van der Waals surface area (Å²) in [5.41, 5.74) is 0.876. The molecule has 1 heterocycles. The quantitative estimate of drug-likeness (QED) is 0.447. The highest BCUT2D eigenvalue weighted by molar-refractivity contribution is 5.97. The van der Waals surface area contributed by atoms with Crippen molar-refractivity contribution in [3.05, 3.63) is 36.2 Å². The molecule has 0 aromatic carbocycles. The summed E-state index contributed by atoms with van der Waals surface area (Å²) >= 11 is 0. The van der Waals surface area contributed by atoms with Crippen molar-refractivity contribution in [1.29, 1.82) is 0 Å². The van der Waals surface area contributed by atoms with Gasteiger partial charge in [-0.25, -0.2) is 4.79 Å². The molecule has 1 atom stereocenters. The standard InChI is InChI=1S/C13H17NO3/c1-5-11(6-2)17-13(16)12-7-10(9(3)15)8-14(12)4/h5,7-8,11H,1,6H2,2-4H3/t11-/m1/s1. The van der Waals surface area contributed by atoms with Crippen molar-refractivity contribution in [1.82, 2.24) is 4.57 Å². The molecule has 0 spiro atoms. The SMILES string of the molecule is C=C[C@H](CC)OC(=O)c1cc(C(C)=O)cn1C. The van der Waals surface area contributed by atoms with Crippen LogP contribution in [-0.4, -0.2) is 22.4 Å². The molecular formula is C13H17NO3. The first-order chi connectivity index (χ1) is 7.99. The van der Waals surface area contributed by atoms with Crippen LogP contribution in [0.25, 0.3) is 0 Å². The van der Waals surface area contributed by atoms with Gasteiger partial charge in [-0.1, -0.05) is 19.6 Å². The minimum Gasteiger partial charge on any atom is -0.453 e. The summed E-state index contributed by atoms with van der Waals surface area (Å²) in [7, 11) is 1.71. The van der Waals surface area contributed by atoms with Gasteiger partial charge in [-0.2, -0.15) is 0 Å². The Bertz CT molecular complexity index is 446. The van der Waals surface area contributed by atoms with Gasteiger partial charge in [-0.15, -0.1) is 0 Å². The summed E-state index contributed by atoms with van der Waals surface area (Å²) in [6.07, 6.45) is 3.60. The van der Waals surface area contributed by atoms with E-state index in [1.165, 1.54) is 6.92 Å². The molecule has 0 radical (unpaired) electrons. The fourth-order valence-electron chi connectivity index (χ4n) is 1.46. The molecule has 0 saturated carbocycles. The van der Waals surface area contributed by atoms with Crippen LogP contribution in [0.3, 0.4) is 0 Å². The van der Waals surface area contributed by atoms with Crippen LogP contribution in [0, 0.1) is 0 Å². The molecule has 1 rings (SSSR count). The molecule has 0 aliphatic heterocycles. The number of nitrogens with zero attached hydrogens (tertiary/aromatic N) is 1. The molecular weight excluding hydrogens is 218 g/mol. The number of hydrogen-bond acceptors (Lipinski definition) is 3. The van der Waals surface area contributed by atoms with Crippen LogP contribution in [0.2, 0.25) is 0 Å². The fourth-order valence-corrected chi connectivity index (χ4v) is 1.46. The van der Waals surface area contributed by atoms with Gasteiger partial charge < -0.3 is 9.30 Å². The number of carbonyl (C=O) groups is 2. The number of carbonyl (C=O) groups excluding carboxylic acids is 2. The number of esters is 1. The van der Waals surface area contributed by atoms with Gasteiger partial charge in [0.2, 0.25) is 0 Å². The average Bonchev–Trinajstić information content (AvgIpc) is 2.68. The van der Waals surface area contributed by atoms with Gasteiger partial charge in [0.25, 0.3) is 0 Å². The normalized spacial score (nSPS) is 11.9. The lowest BCUT2D eigenvalue weighted by molar-refractivity contribution is 0.0378. The number of ether oxygens (including phenoxy) is 1. The van der Waals surface area contributed by atoms with Crippen molar-refractivity contribution in [3.8, 4) is 0 Å². The van der Waals surface area contributed by atoms with Gasteiger partial charge in [0.05, 0.1) is 0 Å². The van der Waals surface area contributed by atoms with E-state index in [2.05, 4.69) is 6.58 Å². The Morgan fingerprint density at radius 1 is 1.59 bits per heavy atom. The Hall–Kier alpha value is -1.84. The van der Waals surface area contributed by atoms with E-state index in [-0.39, 0.29) is 11.9 Å². The molecule has 0 amide bonds. The molecule has 4 nitrogen and oxygen atoms in total. The van der Waals surface area contributed by atoms with Crippen LogP contribution in [0.4, 0.5) is 0 Å². The first kappa shape index (κ1) is 13.2. The zero-order chi connectivity index (χ0) is 13.0. The highest BCUT2D eigenvalue weighted by atomic mass is 16.5. The lowest BCUT2D eigenvalue weighted by atomic mass is 10.2. The zero-order valence-electron chi connectivity index (χ0n) is 10.4.